The average molecular weight is 420 g/mol. The van der Waals surface area contributed by atoms with E-state index in [1.165, 1.54) is 13.2 Å². The van der Waals surface area contributed by atoms with Crippen molar-refractivity contribution in [2.75, 3.05) is 25.6 Å². The molecule has 0 atom stereocenters. The van der Waals surface area contributed by atoms with Crippen LogP contribution in [0.4, 0.5) is 5.69 Å². The number of rotatable bonds is 8. The second-order valence-electron chi connectivity index (χ2n) is 7.13. The number of carbonyl (C=O) groups is 2. The molecular formula is C22H26ClNO5. The van der Waals surface area contributed by atoms with Crippen LogP contribution in [0, 0.1) is 19.8 Å². The number of halogens is 1. The zero-order chi connectivity index (χ0) is 21.6. The van der Waals surface area contributed by atoms with Gasteiger partial charge in [0.15, 0.2) is 18.1 Å². The summed E-state index contributed by atoms with van der Waals surface area (Å²) in [6.07, 6.45) is 0. The molecule has 2 aromatic rings. The number of nitrogens with one attached hydrogen (secondary N) is 1. The summed E-state index contributed by atoms with van der Waals surface area (Å²) in [5.41, 5.74) is 2.59. The van der Waals surface area contributed by atoms with Crippen molar-refractivity contribution in [3.63, 3.8) is 0 Å². The van der Waals surface area contributed by atoms with Crippen molar-refractivity contribution in [2.24, 2.45) is 5.92 Å². The van der Waals surface area contributed by atoms with E-state index in [4.69, 9.17) is 25.8 Å². The number of methoxy groups -OCH3 is 1. The molecule has 0 aliphatic carbocycles. The number of benzene rings is 2. The summed E-state index contributed by atoms with van der Waals surface area (Å²) in [5.74, 6) is 0.205. The molecule has 156 valence electrons. The van der Waals surface area contributed by atoms with Gasteiger partial charge in [-0.2, -0.15) is 0 Å². The van der Waals surface area contributed by atoms with E-state index < -0.39 is 18.5 Å². The van der Waals surface area contributed by atoms with E-state index in [-0.39, 0.29) is 5.56 Å². The third-order valence-electron chi connectivity index (χ3n) is 4.00. The Kier molecular flexibility index (Phi) is 7.91. The lowest BCUT2D eigenvalue weighted by atomic mass is 10.1. The Morgan fingerprint density at radius 3 is 2.45 bits per heavy atom. The molecule has 7 heteroatoms. The van der Waals surface area contributed by atoms with Crippen LogP contribution >= 0.6 is 11.6 Å². The molecule has 0 heterocycles. The summed E-state index contributed by atoms with van der Waals surface area (Å²) in [6.45, 7) is 7.93. The van der Waals surface area contributed by atoms with E-state index in [9.17, 15) is 9.59 Å². The van der Waals surface area contributed by atoms with Crippen LogP contribution in [-0.4, -0.2) is 32.2 Å². The number of hydrogen-bond acceptors (Lipinski definition) is 5. The Morgan fingerprint density at radius 1 is 1.10 bits per heavy atom. The molecule has 0 radical (unpaired) electrons. The van der Waals surface area contributed by atoms with Crippen molar-refractivity contribution in [2.45, 2.75) is 27.7 Å². The van der Waals surface area contributed by atoms with Crippen molar-refractivity contribution < 1.29 is 23.8 Å². The molecule has 1 amide bonds. The smallest absolute Gasteiger partial charge is 0.338 e. The molecule has 1 N–H and O–H groups in total. The van der Waals surface area contributed by atoms with E-state index in [1.807, 2.05) is 33.8 Å². The number of esters is 1. The van der Waals surface area contributed by atoms with E-state index in [2.05, 4.69) is 5.32 Å². The third kappa shape index (κ3) is 6.39. The fourth-order valence-electron chi connectivity index (χ4n) is 2.63. The number of carbonyl (C=O) groups excluding carboxylic acids is 2. The van der Waals surface area contributed by atoms with Crippen LogP contribution in [0.5, 0.6) is 11.5 Å². The molecule has 0 saturated heterocycles. The number of aryl methyl sites for hydroxylation is 2. The van der Waals surface area contributed by atoms with Crippen molar-refractivity contribution in [1.29, 1.82) is 0 Å². The van der Waals surface area contributed by atoms with Crippen molar-refractivity contribution >= 4 is 29.2 Å². The molecule has 2 aromatic carbocycles. The largest absolute Gasteiger partial charge is 0.493 e. The first kappa shape index (κ1) is 22.6. The quantitative estimate of drug-likeness (QED) is 0.622. The van der Waals surface area contributed by atoms with Gasteiger partial charge in [-0.05, 0) is 55.2 Å². The Labute approximate surface area is 176 Å². The van der Waals surface area contributed by atoms with Gasteiger partial charge in [-0.15, -0.1) is 0 Å². The highest BCUT2D eigenvalue weighted by molar-refractivity contribution is 6.34. The van der Waals surface area contributed by atoms with Gasteiger partial charge >= 0.3 is 5.97 Å². The van der Waals surface area contributed by atoms with Gasteiger partial charge in [0, 0.05) is 0 Å². The SMILES string of the molecule is COc1cc(C(=O)OCC(=O)Nc2c(C)cc(C)cc2Cl)ccc1OCC(C)C. The Balaban J connectivity index is 1.99. The molecule has 29 heavy (non-hydrogen) atoms. The van der Waals surface area contributed by atoms with E-state index >= 15 is 0 Å². The minimum absolute atomic E-state index is 0.260. The van der Waals surface area contributed by atoms with Gasteiger partial charge in [0.05, 0.1) is 30.0 Å². The van der Waals surface area contributed by atoms with E-state index in [0.29, 0.717) is 34.7 Å². The normalized spacial score (nSPS) is 10.6. The number of hydrogen-bond donors (Lipinski definition) is 1. The zero-order valence-electron chi connectivity index (χ0n) is 17.3. The van der Waals surface area contributed by atoms with Crippen LogP contribution in [0.2, 0.25) is 5.02 Å². The minimum atomic E-state index is -0.638. The average Bonchev–Trinajstić information content (AvgIpc) is 2.67. The second kappa shape index (κ2) is 10.2. The highest BCUT2D eigenvalue weighted by atomic mass is 35.5. The topological polar surface area (TPSA) is 73.9 Å². The summed E-state index contributed by atoms with van der Waals surface area (Å²) in [5, 5.41) is 3.11. The highest BCUT2D eigenvalue weighted by Gasteiger charge is 2.15. The van der Waals surface area contributed by atoms with E-state index in [0.717, 1.165) is 11.1 Å². The standard InChI is InChI=1S/C22H26ClNO5/c1-13(2)11-28-18-7-6-16(10-19(18)27-5)22(26)29-12-20(25)24-21-15(4)8-14(3)9-17(21)23/h6-10,13H,11-12H2,1-5H3,(H,24,25). The molecular weight excluding hydrogens is 394 g/mol. The number of ether oxygens (including phenoxy) is 3. The maximum absolute atomic E-state index is 12.3. The van der Waals surface area contributed by atoms with Gasteiger partial charge in [0.1, 0.15) is 0 Å². The monoisotopic (exact) mass is 419 g/mol. The van der Waals surface area contributed by atoms with Gasteiger partial charge in [0.25, 0.3) is 5.91 Å². The van der Waals surface area contributed by atoms with Crippen LogP contribution in [0.15, 0.2) is 30.3 Å². The highest BCUT2D eigenvalue weighted by Crippen LogP contribution is 2.29. The molecule has 0 aromatic heterocycles. The molecule has 0 saturated carbocycles. The zero-order valence-corrected chi connectivity index (χ0v) is 18.1. The summed E-state index contributed by atoms with van der Waals surface area (Å²) >= 11 is 6.18. The van der Waals surface area contributed by atoms with Gasteiger partial charge in [-0.25, -0.2) is 4.79 Å². The second-order valence-corrected chi connectivity index (χ2v) is 7.54. The third-order valence-corrected chi connectivity index (χ3v) is 4.30. The first-order valence-electron chi connectivity index (χ1n) is 9.25. The predicted octanol–water partition coefficient (Wildman–Crippen LogP) is 4.80. The van der Waals surface area contributed by atoms with Crippen LogP contribution in [0.1, 0.15) is 35.3 Å². The fourth-order valence-corrected chi connectivity index (χ4v) is 3.00. The first-order chi connectivity index (χ1) is 13.7. The molecule has 0 fully saturated rings. The maximum Gasteiger partial charge on any atom is 0.338 e. The molecule has 6 nitrogen and oxygen atoms in total. The van der Waals surface area contributed by atoms with Crippen LogP contribution in [-0.2, 0) is 9.53 Å². The Bertz CT molecular complexity index is 872. The summed E-state index contributed by atoms with van der Waals surface area (Å²) in [4.78, 5) is 24.5. The lowest BCUT2D eigenvalue weighted by Crippen LogP contribution is -2.21. The Morgan fingerprint density at radius 2 is 1.83 bits per heavy atom. The fraction of sp³-hybridized carbons (Fsp3) is 0.364. The van der Waals surface area contributed by atoms with Crippen LogP contribution in [0.3, 0.4) is 0 Å². The van der Waals surface area contributed by atoms with Gasteiger partial charge in [0.2, 0.25) is 0 Å². The van der Waals surface area contributed by atoms with Gasteiger partial charge in [-0.3, -0.25) is 4.79 Å². The van der Waals surface area contributed by atoms with Crippen molar-refractivity contribution in [3.8, 4) is 11.5 Å². The van der Waals surface area contributed by atoms with Crippen molar-refractivity contribution in [1.82, 2.24) is 0 Å². The van der Waals surface area contributed by atoms with E-state index in [1.54, 1.807) is 18.2 Å². The van der Waals surface area contributed by atoms with Crippen LogP contribution in [0.25, 0.3) is 0 Å². The van der Waals surface area contributed by atoms with Crippen LogP contribution < -0.4 is 14.8 Å². The Hall–Kier alpha value is -2.73. The number of amides is 1. The minimum Gasteiger partial charge on any atom is -0.493 e. The van der Waals surface area contributed by atoms with Gasteiger partial charge in [-0.1, -0.05) is 31.5 Å². The molecule has 0 spiro atoms. The summed E-state index contributed by atoms with van der Waals surface area (Å²) in [7, 11) is 1.49. The predicted molar refractivity (Wildman–Crippen MR) is 113 cm³/mol. The molecule has 0 aliphatic rings. The molecule has 0 bridgehead atoms. The first-order valence-corrected chi connectivity index (χ1v) is 9.63. The summed E-state index contributed by atoms with van der Waals surface area (Å²) in [6, 6.07) is 8.40. The molecule has 0 aliphatic heterocycles. The molecule has 0 unspecified atom stereocenters. The van der Waals surface area contributed by atoms with Gasteiger partial charge < -0.3 is 19.5 Å². The lowest BCUT2D eigenvalue weighted by Gasteiger charge is -2.14. The number of anilines is 1. The maximum atomic E-state index is 12.3. The summed E-state index contributed by atoms with van der Waals surface area (Å²) < 4.78 is 16.1. The van der Waals surface area contributed by atoms with Crippen molar-refractivity contribution in [3.05, 3.63) is 52.0 Å². The lowest BCUT2D eigenvalue weighted by molar-refractivity contribution is -0.119. The molecule has 2 rings (SSSR count).